The third-order valence-corrected chi connectivity index (χ3v) is 6.83. The Labute approximate surface area is 178 Å². The number of nitrogens with one attached hydrogen (secondary N) is 1. The fraction of sp³-hybridized carbons (Fsp3) is 0.333. The molecule has 1 fully saturated rings. The number of benzene rings is 2. The molecule has 1 aliphatic heterocycles. The van der Waals surface area contributed by atoms with Crippen LogP contribution in [0, 0.1) is 3.57 Å². The first kappa shape index (κ1) is 20.5. The Balaban J connectivity index is 1.92. The van der Waals surface area contributed by atoms with Crippen LogP contribution in [0.25, 0.3) is 0 Å². The molecular formula is C18H21ClIN3O3S. The van der Waals surface area contributed by atoms with Crippen molar-refractivity contribution in [1.29, 1.82) is 0 Å². The van der Waals surface area contributed by atoms with Crippen molar-refractivity contribution < 1.29 is 13.2 Å². The van der Waals surface area contributed by atoms with Gasteiger partial charge in [0, 0.05) is 29.7 Å². The highest BCUT2D eigenvalue weighted by molar-refractivity contribution is 14.1. The van der Waals surface area contributed by atoms with Gasteiger partial charge in [0.25, 0.3) is 10.0 Å². The molecule has 0 aromatic heterocycles. The van der Waals surface area contributed by atoms with Crippen molar-refractivity contribution in [2.75, 3.05) is 50.0 Å². The van der Waals surface area contributed by atoms with Crippen LogP contribution in [0.4, 0.5) is 11.4 Å². The monoisotopic (exact) mass is 521 g/mol. The summed E-state index contributed by atoms with van der Waals surface area (Å²) in [5, 5.41) is 0.360. The topological polar surface area (TPSA) is 61.9 Å². The Hall–Kier alpha value is -1.23. The number of rotatable bonds is 5. The number of hydrogen-bond acceptors (Lipinski definition) is 5. The second kappa shape index (κ2) is 8.42. The van der Waals surface area contributed by atoms with Crippen LogP contribution in [0.5, 0.6) is 5.75 Å². The number of likely N-dealkylation sites (N-methyl/N-ethyl adjacent to an activating group) is 1. The van der Waals surface area contributed by atoms with Crippen molar-refractivity contribution >= 4 is 55.6 Å². The van der Waals surface area contributed by atoms with Crippen molar-refractivity contribution in [3.63, 3.8) is 0 Å². The number of methoxy groups -OCH3 is 1. The summed E-state index contributed by atoms with van der Waals surface area (Å²) in [5.74, 6) is 0.658. The number of hydrogen-bond donors (Lipinski definition) is 1. The molecule has 3 rings (SSSR count). The summed E-state index contributed by atoms with van der Waals surface area (Å²) < 4.78 is 34.7. The Kier molecular flexibility index (Phi) is 6.39. The summed E-state index contributed by atoms with van der Waals surface area (Å²) in [6, 6.07) is 10.1. The third-order valence-electron chi connectivity index (χ3n) is 4.48. The molecule has 0 amide bonds. The summed E-state index contributed by atoms with van der Waals surface area (Å²) in [4.78, 5) is 4.56. The Morgan fingerprint density at radius 2 is 1.81 bits per heavy atom. The van der Waals surface area contributed by atoms with Gasteiger partial charge >= 0.3 is 0 Å². The molecule has 0 unspecified atom stereocenters. The maximum absolute atomic E-state index is 12.9. The lowest BCUT2D eigenvalue weighted by atomic mass is 10.2. The van der Waals surface area contributed by atoms with Crippen molar-refractivity contribution in [2.45, 2.75) is 4.90 Å². The molecule has 2 aromatic carbocycles. The Bertz CT molecular complexity index is 931. The SMILES string of the molecule is COc1ccc(S(=O)(=O)Nc2ccc(I)cc2Cl)cc1N1CCN(C)CC1. The van der Waals surface area contributed by atoms with E-state index in [9.17, 15) is 8.42 Å². The molecule has 0 spiro atoms. The van der Waals surface area contributed by atoms with E-state index in [1.807, 2.05) is 0 Å². The first-order valence-electron chi connectivity index (χ1n) is 8.39. The third kappa shape index (κ3) is 4.79. The molecule has 27 heavy (non-hydrogen) atoms. The van der Waals surface area contributed by atoms with E-state index in [0.29, 0.717) is 16.5 Å². The van der Waals surface area contributed by atoms with Crippen LogP contribution in [0.1, 0.15) is 0 Å². The molecule has 1 N–H and O–H groups in total. The average Bonchev–Trinajstić information content (AvgIpc) is 2.64. The van der Waals surface area contributed by atoms with E-state index in [4.69, 9.17) is 16.3 Å². The molecule has 9 heteroatoms. The fourth-order valence-electron chi connectivity index (χ4n) is 2.91. The molecule has 146 valence electrons. The molecule has 0 bridgehead atoms. The smallest absolute Gasteiger partial charge is 0.262 e. The van der Waals surface area contributed by atoms with Gasteiger partial charge in [0.1, 0.15) is 5.75 Å². The highest BCUT2D eigenvalue weighted by Gasteiger charge is 2.22. The molecular weight excluding hydrogens is 501 g/mol. The van der Waals surface area contributed by atoms with Crippen LogP contribution < -0.4 is 14.4 Å². The van der Waals surface area contributed by atoms with E-state index in [-0.39, 0.29) is 4.90 Å². The number of anilines is 2. The minimum atomic E-state index is -3.78. The first-order chi connectivity index (χ1) is 12.8. The molecule has 2 aromatic rings. The van der Waals surface area contributed by atoms with Crippen molar-refractivity contribution in [3.8, 4) is 5.75 Å². The maximum Gasteiger partial charge on any atom is 0.262 e. The van der Waals surface area contributed by atoms with Crippen LogP contribution in [0.2, 0.25) is 5.02 Å². The standard InChI is InChI=1S/C18H21ClIN3O3S/c1-22-7-9-23(10-8-22)17-12-14(4-6-18(17)26-2)27(24,25)21-16-5-3-13(20)11-15(16)19/h3-6,11-12,21H,7-10H2,1-2H3. The van der Waals surface area contributed by atoms with Crippen molar-refractivity contribution in [2.24, 2.45) is 0 Å². The summed E-state index contributed by atoms with van der Waals surface area (Å²) in [7, 11) is -0.112. The van der Waals surface area contributed by atoms with Gasteiger partial charge in [-0.15, -0.1) is 0 Å². The maximum atomic E-state index is 12.9. The average molecular weight is 522 g/mol. The van der Waals surface area contributed by atoms with Crippen LogP contribution in [0.3, 0.4) is 0 Å². The van der Waals surface area contributed by atoms with E-state index in [1.54, 1.807) is 43.5 Å². The van der Waals surface area contributed by atoms with Crippen LogP contribution in [-0.2, 0) is 10.0 Å². The van der Waals surface area contributed by atoms with E-state index in [1.165, 1.54) is 0 Å². The Morgan fingerprint density at radius 3 is 2.44 bits per heavy atom. The van der Waals surface area contributed by atoms with Crippen LogP contribution in [-0.4, -0.2) is 53.7 Å². The molecule has 0 atom stereocenters. The highest BCUT2D eigenvalue weighted by Crippen LogP contribution is 2.33. The number of ether oxygens (including phenoxy) is 1. The Morgan fingerprint density at radius 1 is 1.11 bits per heavy atom. The van der Waals surface area contributed by atoms with Crippen molar-refractivity contribution in [1.82, 2.24) is 4.90 Å². The summed E-state index contributed by atoms with van der Waals surface area (Å²) in [6.07, 6.45) is 0. The zero-order valence-corrected chi connectivity index (χ0v) is 18.8. The van der Waals surface area contributed by atoms with Gasteiger partial charge in [0.15, 0.2) is 0 Å². The van der Waals surface area contributed by atoms with Gasteiger partial charge in [-0.25, -0.2) is 8.42 Å². The fourth-order valence-corrected chi connectivity index (χ4v) is 4.97. The summed E-state index contributed by atoms with van der Waals surface area (Å²) >= 11 is 8.30. The van der Waals surface area contributed by atoms with E-state index >= 15 is 0 Å². The molecule has 0 aliphatic carbocycles. The van der Waals surface area contributed by atoms with Gasteiger partial charge < -0.3 is 14.5 Å². The minimum Gasteiger partial charge on any atom is -0.495 e. The zero-order chi connectivity index (χ0) is 19.6. The lowest BCUT2D eigenvalue weighted by Gasteiger charge is -2.34. The predicted octanol–water partition coefficient (Wildman–Crippen LogP) is 3.51. The van der Waals surface area contributed by atoms with E-state index in [2.05, 4.69) is 44.2 Å². The second-order valence-electron chi connectivity index (χ2n) is 6.35. The van der Waals surface area contributed by atoms with Gasteiger partial charge in [0.2, 0.25) is 0 Å². The quantitative estimate of drug-likeness (QED) is 0.610. The van der Waals surface area contributed by atoms with Gasteiger partial charge in [-0.2, -0.15) is 0 Å². The lowest BCUT2D eigenvalue weighted by Crippen LogP contribution is -2.44. The molecule has 1 saturated heterocycles. The first-order valence-corrected chi connectivity index (χ1v) is 11.3. The summed E-state index contributed by atoms with van der Waals surface area (Å²) in [6.45, 7) is 3.45. The minimum absolute atomic E-state index is 0.173. The second-order valence-corrected chi connectivity index (χ2v) is 9.69. The number of nitrogens with zero attached hydrogens (tertiary/aromatic N) is 2. The highest BCUT2D eigenvalue weighted by atomic mass is 127. The molecule has 0 saturated carbocycles. The van der Waals surface area contributed by atoms with Gasteiger partial charge in [-0.3, -0.25) is 4.72 Å². The van der Waals surface area contributed by atoms with Gasteiger partial charge in [-0.05, 0) is 66.0 Å². The summed E-state index contributed by atoms with van der Waals surface area (Å²) in [5.41, 5.74) is 1.14. The molecule has 1 aliphatic rings. The normalized spacial score (nSPS) is 15.6. The zero-order valence-electron chi connectivity index (χ0n) is 15.1. The largest absolute Gasteiger partial charge is 0.495 e. The molecule has 0 radical (unpaired) electrons. The molecule has 6 nitrogen and oxygen atoms in total. The predicted molar refractivity (Wildman–Crippen MR) is 118 cm³/mol. The number of piperazine rings is 1. The lowest BCUT2D eigenvalue weighted by molar-refractivity contribution is 0.311. The number of halogens is 2. The van der Waals surface area contributed by atoms with E-state index in [0.717, 1.165) is 35.4 Å². The van der Waals surface area contributed by atoms with Gasteiger partial charge in [-0.1, -0.05) is 11.6 Å². The van der Waals surface area contributed by atoms with Crippen LogP contribution >= 0.6 is 34.2 Å². The van der Waals surface area contributed by atoms with Crippen LogP contribution in [0.15, 0.2) is 41.3 Å². The number of sulfonamides is 1. The van der Waals surface area contributed by atoms with Crippen molar-refractivity contribution in [3.05, 3.63) is 45.0 Å². The van der Waals surface area contributed by atoms with E-state index < -0.39 is 10.0 Å². The van der Waals surface area contributed by atoms with Gasteiger partial charge in [0.05, 0.1) is 28.4 Å². The molecule has 1 heterocycles.